The van der Waals surface area contributed by atoms with Crippen LogP contribution in [0.4, 0.5) is 13.2 Å². The number of amides is 2. The van der Waals surface area contributed by atoms with Gasteiger partial charge in [0.1, 0.15) is 11.4 Å². The fourth-order valence-electron chi connectivity index (χ4n) is 6.57. The van der Waals surface area contributed by atoms with Gasteiger partial charge in [-0.05, 0) is 81.5 Å². The van der Waals surface area contributed by atoms with Crippen LogP contribution in [0.3, 0.4) is 0 Å². The van der Waals surface area contributed by atoms with Crippen molar-refractivity contribution in [1.82, 2.24) is 20.6 Å². The molecule has 2 aromatic rings. The summed E-state index contributed by atoms with van der Waals surface area (Å²) in [4.78, 5) is 34.1. The van der Waals surface area contributed by atoms with Crippen LogP contribution < -0.4 is 10.6 Å². The number of hydrogen-bond donors (Lipinski definition) is 2. The van der Waals surface area contributed by atoms with Crippen molar-refractivity contribution >= 4 is 11.8 Å². The third-order valence-corrected chi connectivity index (χ3v) is 7.26. The lowest BCUT2D eigenvalue weighted by molar-refractivity contribution is -0.137. The van der Waals surface area contributed by atoms with Crippen LogP contribution in [0, 0.1) is 18.8 Å². The highest BCUT2D eigenvalue weighted by Crippen LogP contribution is 2.57. The number of aryl methyl sites for hydroxylation is 1. The monoisotopic (exact) mass is 458 g/mol. The van der Waals surface area contributed by atoms with E-state index >= 15 is 0 Å². The Morgan fingerprint density at radius 3 is 2.15 bits per heavy atom. The molecule has 4 fully saturated rings. The number of alkyl halides is 3. The molecule has 6 rings (SSSR count). The number of nitrogens with one attached hydrogen (secondary N) is 2. The Bertz CT molecular complexity index is 1100. The van der Waals surface area contributed by atoms with Gasteiger partial charge in [0.25, 0.3) is 11.8 Å². The molecule has 4 bridgehead atoms. The second kappa shape index (κ2) is 7.53. The fraction of sp³-hybridized carbons (Fsp3) is 0.500. The van der Waals surface area contributed by atoms with Gasteiger partial charge in [-0.15, -0.1) is 0 Å². The summed E-state index contributed by atoms with van der Waals surface area (Å²) < 4.78 is 39.2. The highest BCUT2D eigenvalue weighted by atomic mass is 19.4. The van der Waals surface area contributed by atoms with Crippen LogP contribution in [-0.2, 0) is 6.18 Å². The fourth-order valence-corrected chi connectivity index (χ4v) is 6.57. The van der Waals surface area contributed by atoms with Gasteiger partial charge in [0.2, 0.25) is 0 Å². The summed E-state index contributed by atoms with van der Waals surface area (Å²) >= 11 is 0. The standard InChI is InChI=1S/C24H25F3N4O2/c1-14-3-2-4-18(29-14)20(32)30-22-9-15-7-16(10-22)12-23(11-15,13-22)31-21(33)19-8-17(5-6-28-19)24(25,26)27/h2-6,8,15-16H,7,9-13H2,1H3,(H,30,32)(H,31,33). The zero-order chi connectivity index (χ0) is 23.4. The first-order chi connectivity index (χ1) is 15.5. The number of rotatable bonds is 4. The van der Waals surface area contributed by atoms with Gasteiger partial charge in [-0.1, -0.05) is 6.07 Å². The van der Waals surface area contributed by atoms with Gasteiger partial charge in [0.15, 0.2) is 0 Å². The number of nitrogens with zero attached hydrogens (tertiary/aromatic N) is 2. The van der Waals surface area contributed by atoms with Crippen molar-refractivity contribution in [1.29, 1.82) is 0 Å². The molecule has 2 amide bonds. The Morgan fingerprint density at radius 2 is 1.58 bits per heavy atom. The molecule has 33 heavy (non-hydrogen) atoms. The summed E-state index contributed by atoms with van der Waals surface area (Å²) in [5, 5.41) is 6.25. The van der Waals surface area contributed by atoms with Crippen molar-refractivity contribution in [2.24, 2.45) is 11.8 Å². The minimum atomic E-state index is -4.54. The number of halogens is 3. The van der Waals surface area contributed by atoms with Crippen LogP contribution in [0.1, 0.15) is 70.8 Å². The summed E-state index contributed by atoms with van der Waals surface area (Å²) in [5.74, 6) is -0.162. The number of aromatic nitrogens is 2. The third kappa shape index (κ3) is 4.20. The second-order valence-corrected chi connectivity index (χ2v) is 10.0. The van der Waals surface area contributed by atoms with Gasteiger partial charge < -0.3 is 10.6 Å². The van der Waals surface area contributed by atoms with E-state index in [2.05, 4.69) is 20.6 Å². The summed E-state index contributed by atoms with van der Waals surface area (Å²) in [6.07, 6.45) is 1.24. The molecule has 2 heterocycles. The van der Waals surface area contributed by atoms with Crippen LogP contribution in [0.15, 0.2) is 36.5 Å². The van der Waals surface area contributed by atoms with Crippen molar-refractivity contribution < 1.29 is 22.8 Å². The maximum atomic E-state index is 13.1. The molecule has 9 heteroatoms. The number of carbonyl (C=O) groups excluding carboxylic acids is 2. The molecule has 2 aromatic heterocycles. The lowest BCUT2D eigenvalue weighted by atomic mass is 9.49. The van der Waals surface area contributed by atoms with E-state index in [1.54, 1.807) is 12.1 Å². The molecule has 0 aromatic carbocycles. The number of pyridine rings is 2. The van der Waals surface area contributed by atoms with Gasteiger partial charge in [0, 0.05) is 23.0 Å². The molecule has 2 unspecified atom stereocenters. The molecule has 174 valence electrons. The van der Waals surface area contributed by atoms with Gasteiger partial charge in [0.05, 0.1) is 5.56 Å². The van der Waals surface area contributed by atoms with Gasteiger partial charge in [-0.2, -0.15) is 13.2 Å². The molecule has 0 saturated heterocycles. The lowest BCUT2D eigenvalue weighted by Gasteiger charge is -2.62. The minimum Gasteiger partial charge on any atom is -0.345 e. The van der Waals surface area contributed by atoms with E-state index in [-0.39, 0.29) is 11.6 Å². The number of hydrogen-bond acceptors (Lipinski definition) is 4. The molecule has 0 aliphatic heterocycles. The van der Waals surface area contributed by atoms with E-state index in [0.717, 1.165) is 56.1 Å². The minimum absolute atomic E-state index is 0.235. The second-order valence-electron chi connectivity index (χ2n) is 10.0. The summed E-state index contributed by atoms with van der Waals surface area (Å²) in [6.45, 7) is 1.83. The third-order valence-electron chi connectivity index (χ3n) is 7.26. The largest absolute Gasteiger partial charge is 0.416 e. The average Bonchev–Trinajstić information content (AvgIpc) is 2.71. The zero-order valence-corrected chi connectivity index (χ0v) is 18.2. The Morgan fingerprint density at radius 1 is 0.970 bits per heavy atom. The van der Waals surface area contributed by atoms with Crippen LogP contribution in [-0.4, -0.2) is 32.9 Å². The van der Waals surface area contributed by atoms with Crippen LogP contribution >= 0.6 is 0 Å². The summed E-state index contributed by atoms with van der Waals surface area (Å²) in [7, 11) is 0. The lowest BCUT2D eigenvalue weighted by Crippen LogP contribution is -2.70. The maximum Gasteiger partial charge on any atom is 0.416 e. The normalized spacial score (nSPS) is 30.2. The van der Waals surface area contributed by atoms with E-state index in [0.29, 0.717) is 24.0 Å². The van der Waals surface area contributed by atoms with E-state index in [9.17, 15) is 22.8 Å². The van der Waals surface area contributed by atoms with Gasteiger partial charge in [-0.3, -0.25) is 14.6 Å². The first kappa shape index (κ1) is 21.9. The van der Waals surface area contributed by atoms with E-state index in [1.807, 2.05) is 13.0 Å². The van der Waals surface area contributed by atoms with Crippen molar-refractivity contribution in [2.45, 2.75) is 62.7 Å². The Labute approximate surface area is 189 Å². The zero-order valence-electron chi connectivity index (χ0n) is 18.2. The van der Waals surface area contributed by atoms with Crippen LogP contribution in [0.5, 0.6) is 0 Å². The summed E-state index contributed by atoms with van der Waals surface area (Å²) in [6, 6.07) is 6.94. The van der Waals surface area contributed by atoms with Crippen molar-refractivity contribution in [2.75, 3.05) is 0 Å². The highest BCUT2D eigenvalue weighted by molar-refractivity contribution is 5.94. The highest BCUT2D eigenvalue weighted by Gasteiger charge is 2.59. The molecule has 4 aliphatic carbocycles. The van der Waals surface area contributed by atoms with E-state index < -0.39 is 28.7 Å². The molecule has 2 atom stereocenters. The van der Waals surface area contributed by atoms with Gasteiger partial charge >= 0.3 is 6.18 Å². The smallest absolute Gasteiger partial charge is 0.345 e. The molecule has 4 saturated carbocycles. The molecule has 0 radical (unpaired) electrons. The Kier molecular flexibility index (Phi) is 4.99. The average molecular weight is 458 g/mol. The topological polar surface area (TPSA) is 84.0 Å². The van der Waals surface area contributed by atoms with Gasteiger partial charge in [-0.25, -0.2) is 4.98 Å². The predicted molar refractivity (Wildman–Crippen MR) is 113 cm³/mol. The number of carbonyl (C=O) groups is 2. The first-order valence-electron chi connectivity index (χ1n) is 11.2. The molecule has 6 nitrogen and oxygen atoms in total. The molecule has 2 N–H and O–H groups in total. The van der Waals surface area contributed by atoms with E-state index in [1.165, 1.54) is 0 Å². The maximum absolute atomic E-state index is 13.1. The van der Waals surface area contributed by atoms with Crippen molar-refractivity contribution in [3.63, 3.8) is 0 Å². The van der Waals surface area contributed by atoms with Crippen molar-refractivity contribution in [3.05, 3.63) is 59.2 Å². The predicted octanol–water partition coefficient (Wildman–Crippen LogP) is 4.06. The Hall–Kier alpha value is -2.97. The molecular weight excluding hydrogens is 433 g/mol. The van der Waals surface area contributed by atoms with Crippen molar-refractivity contribution in [3.8, 4) is 0 Å². The van der Waals surface area contributed by atoms with E-state index in [4.69, 9.17) is 0 Å². The SMILES string of the molecule is Cc1cccc(C(=O)NC23CC4CC(CC(NC(=O)c5cc(C(F)(F)F)ccn5)(C4)C2)C3)n1. The first-order valence-corrected chi connectivity index (χ1v) is 11.2. The molecule has 0 spiro atoms. The quantitative estimate of drug-likeness (QED) is 0.724. The van der Waals surface area contributed by atoms with Crippen LogP contribution in [0.2, 0.25) is 0 Å². The summed E-state index contributed by atoms with van der Waals surface area (Å²) in [5.41, 5.74) is -1.06. The van der Waals surface area contributed by atoms with Crippen LogP contribution in [0.25, 0.3) is 0 Å². The molecular formula is C24H25F3N4O2. The molecule has 4 aliphatic rings. The Balaban J connectivity index is 1.37.